The van der Waals surface area contributed by atoms with Gasteiger partial charge in [0.1, 0.15) is 5.75 Å². The molecule has 5 heteroatoms. The fourth-order valence-electron chi connectivity index (χ4n) is 2.08. The monoisotopic (exact) mass is 314 g/mol. The summed E-state index contributed by atoms with van der Waals surface area (Å²) in [6.07, 6.45) is 0.276. The summed E-state index contributed by atoms with van der Waals surface area (Å²) in [7, 11) is 0. The maximum absolute atomic E-state index is 11.8. The Morgan fingerprint density at radius 1 is 1.33 bits per heavy atom. The summed E-state index contributed by atoms with van der Waals surface area (Å²) < 4.78 is 5.68. The first-order chi connectivity index (χ1) is 9.45. The Morgan fingerprint density at radius 2 is 2.00 bits per heavy atom. The van der Waals surface area contributed by atoms with Gasteiger partial charge < -0.3 is 15.8 Å². The number of carbonyl (C=O) groups is 1. The molecule has 0 heterocycles. The summed E-state index contributed by atoms with van der Waals surface area (Å²) in [6, 6.07) is 5.97. The fraction of sp³-hybridized carbons (Fsp3) is 0.562. The first-order valence-corrected chi connectivity index (χ1v) is 7.20. The second kappa shape index (κ2) is 9.64. The molecule has 1 aromatic rings. The average Bonchev–Trinajstić information content (AvgIpc) is 2.38. The molecule has 0 bridgehead atoms. The van der Waals surface area contributed by atoms with Crippen molar-refractivity contribution in [3.8, 4) is 5.75 Å². The molecule has 120 valence electrons. The summed E-state index contributed by atoms with van der Waals surface area (Å²) in [5, 5.41) is 2.80. The van der Waals surface area contributed by atoms with E-state index in [4.69, 9.17) is 10.5 Å². The van der Waals surface area contributed by atoms with Gasteiger partial charge in [-0.1, -0.05) is 19.9 Å². The minimum absolute atomic E-state index is 0. The molecule has 1 unspecified atom stereocenters. The van der Waals surface area contributed by atoms with Crippen molar-refractivity contribution >= 4 is 18.3 Å². The van der Waals surface area contributed by atoms with E-state index in [1.807, 2.05) is 12.1 Å². The average molecular weight is 315 g/mol. The molecule has 1 atom stereocenters. The van der Waals surface area contributed by atoms with E-state index in [1.165, 1.54) is 11.1 Å². The Morgan fingerprint density at radius 3 is 2.52 bits per heavy atom. The number of amides is 1. The van der Waals surface area contributed by atoms with Crippen LogP contribution in [0.25, 0.3) is 0 Å². The smallest absolute Gasteiger partial charge is 0.260 e. The minimum atomic E-state index is -0.503. The lowest BCUT2D eigenvalue weighted by atomic mass is 9.98. The third-order valence-corrected chi connectivity index (χ3v) is 3.23. The topological polar surface area (TPSA) is 64.3 Å². The second-order valence-corrected chi connectivity index (χ2v) is 5.37. The van der Waals surface area contributed by atoms with E-state index >= 15 is 0 Å². The van der Waals surface area contributed by atoms with Gasteiger partial charge in [0.2, 0.25) is 0 Å². The highest BCUT2D eigenvalue weighted by atomic mass is 35.5. The van der Waals surface area contributed by atoms with Crippen LogP contribution in [0.4, 0.5) is 0 Å². The Hall–Kier alpha value is -1.26. The molecule has 1 rings (SSSR count). The van der Waals surface area contributed by atoms with Crippen LogP contribution in [0.1, 0.15) is 44.2 Å². The molecule has 0 radical (unpaired) electrons. The van der Waals surface area contributed by atoms with Crippen molar-refractivity contribution in [3.05, 3.63) is 29.3 Å². The van der Waals surface area contributed by atoms with Crippen molar-refractivity contribution in [1.82, 2.24) is 5.32 Å². The SMILES string of the molecule is Cc1cc(OC(C)C(=O)NCCCN)ccc1C(C)C.Cl. The molecule has 3 N–H and O–H groups in total. The lowest BCUT2D eigenvalue weighted by Gasteiger charge is -2.16. The van der Waals surface area contributed by atoms with Crippen LogP contribution in [0.5, 0.6) is 5.75 Å². The highest BCUT2D eigenvalue weighted by Gasteiger charge is 2.14. The summed E-state index contributed by atoms with van der Waals surface area (Å²) >= 11 is 0. The Labute approximate surface area is 133 Å². The van der Waals surface area contributed by atoms with Crippen LogP contribution in [0.2, 0.25) is 0 Å². The van der Waals surface area contributed by atoms with E-state index in [0.717, 1.165) is 12.2 Å². The first-order valence-electron chi connectivity index (χ1n) is 7.20. The maximum atomic E-state index is 11.8. The minimum Gasteiger partial charge on any atom is -0.481 e. The normalized spacial score (nSPS) is 11.7. The molecule has 0 aliphatic heterocycles. The van der Waals surface area contributed by atoms with Crippen molar-refractivity contribution < 1.29 is 9.53 Å². The number of hydrogen-bond acceptors (Lipinski definition) is 3. The van der Waals surface area contributed by atoms with Gasteiger partial charge in [-0.25, -0.2) is 0 Å². The van der Waals surface area contributed by atoms with Crippen LogP contribution >= 0.6 is 12.4 Å². The molecular weight excluding hydrogens is 288 g/mol. The van der Waals surface area contributed by atoms with Crippen LogP contribution in [-0.2, 0) is 4.79 Å². The Balaban J connectivity index is 0.00000400. The van der Waals surface area contributed by atoms with Gasteiger partial charge in [-0.15, -0.1) is 12.4 Å². The molecule has 0 saturated carbocycles. The van der Waals surface area contributed by atoms with E-state index in [2.05, 4.69) is 32.2 Å². The highest BCUT2D eigenvalue weighted by Crippen LogP contribution is 2.24. The lowest BCUT2D eigenvalue weighted by molar-refractivity contribution is -0.127. The van der Waals surface area contributed by atoms with Crippen LogP contribution in [0.3, 0.4) is 0 Å². The number of hydrogen-bond donors (Lipinski definition) is 2. The quantitative estimate of drug-likeness (QED) is 0.761. The van der Waals surface area contributed by atoms with Crippen molar-refractivity contribution in [1.29, 1.82) is 0 Å². The summed E-state index contributed by atoms with van der Waals surface area (Å²) in [6.45, 7) is 9.31. The van der Waals surface area contributed by atoms with E-state index in [9.17, 15) is 4.79 Å². The van der Waals surface area contributed by atoms with E-state index in [0.29, 0.717) is 19.0 Å². The van der Waals surface area contributed by atoms with Crippen LogP contribution in [0, 0.1) is 6.92 Å². The van der Waals surface area contributed by atoms with E-state index in [-0.39, 0.29) is 18.3 Å². The van der Waals surface area contributed by atoms with Crippen LogP contribution < -0.4 is 15.8 Å². The summed E-state index contributed by atoms with van der Waals surface area (Å²) in [4.78, 5) is 11.8. The number of aryl methyl sites for hydroxylation is 1. The number of halogens is 1. The zero-order chi connectivity index (χ0) is 15.1. The Kier molecular flexibility index (Phi) is 9.06. The zero-order valence-corrected chi connectivity index (χ0v) is 14.1. The van der Waals surface area contributed by atoms with Gasteiger partial charge in [-0.3, -0.25) is 4.79 Å². The molecular formula is C16H27ClN2O2. The van der Waals surface area contributed by atoms with Gasteiger partial charge in [0.25, 0.3) is 5.91 Å². The second-order valence-electron chi connectivity index (χ2n) is 5.37. The standard InChI is InChI=1S/C16H26N2O2.ClH/c1-11(2)15-7-6-14(10-12(15)3)20-13(4)16(19)18-9-5-8-17;/h6-7,10-11,13H,5,8-9,17H2,1-4H3,(H,18,19);1H. The molecule has 4 nitrogen and oxygen atoms in total. The van der Waals surface area contributed by atoms with Crippen LogP contribution in [-0.4, -0.2) is 25.1 Å². The zero-order valence-electron chi connectivity index (χ0n) is 13.3. The number of rotatable bonds is 7. The fourth-order valence-corrected chi connectivity index (χ4v) is 2.08. The van der Waals surface area contributed by atoms with Gasteiger partial charge in [-0.2, -0.15) is 0 Å². The van der Waals surface area contributed by atoms with E-state index < -0.39 is 6.10 Å². The highest BCUT2D eigenvalue weighted by molar-refractivity contribution is 5.85. The number of ether oxygens (including phenoxy) is 1. The third-order valence-electron chi connectivity index (χ3n) is 3.23. The number of carbonyl (C=O) groups excluding carboxylic acids is 1. The third kappa shape index (κ3) is 6.36. The molecule has 0 aromatic heterocycles. The van der Waals surface area contributed by atoms with E-state index in [1.54, 1.807) is 6.92 Å². The van der Waals surface area contributed by atoms with Gasteiger partial charge >= 0.3 is 0 Å². The van der Waals surface area contributed by atoms with Crippen LogP contribution in [0.15, 0.2) is 18.2 Å². The molecule has 1 aromatic carbocycles. The lowest BCUT2D eigenvalue weighted by Crippen LogP contribution is -2.37. The predicted octanol–water partition coefficient (Wildman–Crippen LogP) is 2.77. The molecule has 0 fully saturated rings. The molecule has 0 saturated heterocycles. The molecule has 0 spiro atoms. The number of benzene rings is 1. The molecule has 0 aliphatic rings. The first kappa shape index (κ1) is 19.7. The van der Waals surface area contributed by atoms with Gasteiger partial charge in [0.05, 0.1) is 0 Å². The molecule has 1 amide bonds. The van der Waals surface area contributed by atoms with Crippen molar-refractivity contribution in [2.75, 3.05) is 13.1 Å². The Bertz CT molecular complexity index is 450. The van der Waals surface area contributed by atoms with Gasteiger partial charge in [0, 0.05) is 6.54 Å². The number of nitrogens with one attached hydrogen (secondary N) is 1. The summed E-state index contributed by atoms with van der Waals surface area (Å²) in [5.41, 5.74) is 7.88. The van der Waals surface area contributed by atoms with Gasteiger partial charge in [-0.05, 0) is 56.0 Å². The predicted molar refractivity (Wildman–Crippen MR) is 89.3 cm³/mol. The van der Waals surface area contributed by atoms with Crippen molar-refractivity contribution in [2.45, 2.75) is 46.1 Å². The van der Waals surface area contributed by atoms with Gasteiger partial charge in [0.15, 0.2) is 6.10 Å². The number of nitrogens with two attached hydrogens (primary N) is 1. The maximum Gasteiger partial charge on any atom is 0.260 e. The molecule has 0 aliphatic carbocycles. The van der Waals surface area contributed by atoms with Crippen molar-refractivity contribution in [3.63, 3.8) is 0 Å². The summed E-state index contributed by atoms with van der Waals surface area (Å²) in [5.74, 6) is 1.11. The van der Waals surface area contributed by atoms with Crippen molar-refractivity contribution in [2.24, 2.45) is 5.73 Å². The molecule has 21 heavy (non-hydrogen) atoms. The largest absolute Gasteiger partial charge is 0.481 e.